The lowest BCUT2D eigenvalue weighted by molar-refractivity contribution is 0.0315. The predicted molar refractivity (Wildman–Crippen MR) is 70.1 cm³/mol. The fourth-order valence-corrected chi connectivity index (χ4v) is 2.26. The summed E-state index contributed by atoms with van der Waals surface area (Å²) >= 11 is 5.38. The number of rotatable bonds is 3. The molecule has 18 heavy (non-hydrogen) atoms. The number of hydrogen-bond acceptors (Lipinski definition) is 0. The summed E-state index contributed by atoms with van der Waals surface area (Å²) in [6.45, 7) is 1.46. The molecule has 0 heterocycles. The van der Waals surface area contributed by atoms with Crippen molar-refractivity contribution in [3.05, 3.63) is 71.8 Å². The van der Waals surface area contributed by atoms with E-state index in [1.54, 1.807) is 60.7 Å². The van der Waals surface area contributed by atoms with Gasteiger partial charge in [0, 0.05) is 0 Å². The number of halogens is 3. The van der Waals surface area contributed by atoms with E-state index < -0.39 is 10.8 Å². The molecule has 94 valence electrons. The van der Waals surface area contributed by atoms with Crippen molar-refractivity contribution >= 4 is 11.6 Å². The molecule has 0 aromatic heterocycles. The van der Waals surface area contributed by atoms with Crippen molar-refractivity contribution < 1.29 is 8.78 Å². The minimum atomic E-state index is -3.37. The molecule has 0 aliphatic carbocycles. The Bertz CT molecular complexity index is 464. The van der Waals surface area contributed by atoms with Gasteiger partial charge in [0.25, 0.3) is 0 Å². The van der Waals surface area contributed by atoms with Crippen LogP contribution in [0.25, 0.3) is 0 Å². The first kappa shape index (κ1) is 13.0. The third-order valence-corrected chi connectivity index (χ3v) is 3.65. The van der Waals surface area contributed by atoms with Gasteiger partial charge in [-0.1, -0.05) is 60.7 Å². The molecule has 0 unspecified atom stereocenters. The molecular weight excluding hydrogens is 254 g/mol. The zero-order valence-electron chi connectivity index (χ0n) is 9.91. The molecule has 0 saturated heterocycles. The van der Waals surface area contributed by atoms with Crippen LogP contribution in [-0.4, -0.2) is 5.38 Å². The Kier molecular flexibility index (Phi) is 3.40. The van der Waals surface area contributed by atoms with E-state index in [2.05, 4.69) is 0 Å². The number of hydrogen-bond donors (Lipinski definition) is 0. The van der Waals surface area contributed by atoms with Crippen molar-refractivity contribution in [2.45, 2.75) is 17.7 Å². The molecule has 0 spiro atoms. The molecule has 0 saturated carbocycles. The monoisotopic (exact) mass is 266 g/mol. The smallest absolute Gasteiger partial charge is 0.187 e. The van der Waals surface area contributed by atoms with Crippen LogP contribution in [0.4, 0.5) is 8.78 Å². The number of alkyl halides is 3. The van der Waals surface area contributed by atoms with Crippen LogP contribution in [0, 0.1) is 0 Å². The molecule has 0 N–H and O–H groups in total. The first-order chi connectivity index (χ1) is 8.46. The van der Waals surface area contributed by atoms with Crippen molar-refractivity contribution in [1.82, 2.24) is 0 Å². The lowest BCUT2D eigenvalue weighted by Gasteiger charge is -2.34. The van der Waals surface area contributed by atoms with Crippen LogP contribution < -0.4 is 0 Å². The summed E-state index contributed by atoms with van der Waals surface area (Å²) in [6, 6.07) is 17.2. The van der Waals surface area contributed by atoms with E-state index in [1.807, 2.05) is 0 Å². The highest BCUT2D eigenvalue weighted by Crippen LogP contribution is 2.47. The van der Waals surface area contributed by atoms with Gasteiger partial charge in [0.15, 0.2) is 0 Å². The fraction of sp³-hybridized carbons (Fsp3) is 0.200. The highest BCUT2D eigenvalue weighted by Gasteiger charge is 2.51. The average molecular weight is 267 g/mol. The van der Waals surface area contributed by atoms with Crippen molar-refractivity contribution in [2.75, 3.05) is 0 Å². The summed E-state index contributed by atoms with van der Waals surface area (Å²) in [5.74, 6) is 0. The molecule has 0 bridgehead atoms. The maximum Gasteiger partial charge on any atom is 0.334 e. The van der Waals surface area contributed by atoms with Gasteiger partial charge < -0.3 is 0 Å². The molecule has 2 aromatic carbocycles. The van der Waals surface area contributed by atoms with Crippen LogP contribution >= 0.6 is 11.6 Å². The van der Waals surface area contributed by atoms with Crippen LogP contribution in [0.1, 0.15) is 18.1 Å². The van der Waals surface area contributed by atoms with Crippen LogP contribution in [0.5, 0.6) is 0 Å². The standard InChI is InChI=1S/C15H13ClF2/c1-14(15(16,17)18,12-8-4-2-5-9-12)13-10-6-3-7-11-13/h2-11H,1H3. The van der Waals surface area contributed by atoms with Gasteiger partial charge in [-0.25, -0.2) is 0 Å². The Morgan fingerprint density at radius 2 is 1.11 bits per heavy atom. The molecule has 0 aliphatic heterocycles. The molecule has 0 radical (unpaired) electrons. The lowest BCUT2D eigenvalue weighted by atomic mass is 9.76. The first-order valence-corrected chi connectivity index (χ1v) is 6.02. The summed E-state index contributed by atoms with van der Waals surface area (Å²) in [5.41, 5.74) is -0.552. The molecule has 2 rings (SSSR count). The van der Waals surface area contributed by atoms with E-state index in [0.29, 0.717) is 11.1 Å². The zero-order chi connectivity index (χ0) is 13.2. The average Bonchev–Trinajstić information content (AvgIpc) is 2.38. The van der Waals surface area contributed by atoms with Gasteiger partial charge in [-0.15, -0.1) is 0 Å². The second-order valence-electron chi connectivity index (χ2n) is 4.35. The Hall–Kier alpha value is -1.41. The lowest BCUT2D eigenvalue weighted by Crippen LogP contribution is -2.39. The van der Waals surface area contributed by atoms with E-state index in [-0.39, 0.29) is 0 Å². The second kappa shape index (κ2) is 4.69. The maximum absolute atomic E-state index is 13.9. The summed E-state index contributed by atoms with van der Waals surface area (Å²) in [4.78, 5) is 0. The Balaban J connectivity index is 2.63. The van der Waals surface area contributed by atoms with Gasteiger partial charge in [0.2, 0.25) is 0 Å². The molecule has 0 fully saturated rings. The Labute approximate surface area is 110 Å². The quantitative estimate of drug-likeness (QED) is 0.699. The van der Waals surface area contributed by atoms with Crippen molar-refractivity contribution in [1.29, 1.82) is 0 Å². The number of benzene rings is 2. The minimum absolute atomic E-state index is 0.496. The van der Waals surface area contributed by atoms with Gasteiger partial charge >= 0.3 is 5.38 Å². The van der Waals surface area contributed by atoms with Gasteiger partial charge in [-0.05, 0) is 29.7 Å². The molecule has 3 heteroatoms. The summed E-state index contributed by atoms with van der Waals surface area (Å²) in [7, 11) is 0. The summed E-state index contributed by atoms with van der Waals surface area (Å²) < 4.78 is 27.8. The van der Waals surface area contributed by atoms with E-state index in [4.69, 9.17) is 11.6 Å². The molecule has 0 amide bonds. The normalized spacial score (nSPS) is 12.4. The topological polar surface area (TPSA) is 0 Å². The highest BCUT2D eigenvalue weighted by molar-refractivity contribution is 6.23. The van der Waals surface area contributed by atoms with Gasteiger partial charge in [0.05, 0.1) is 5.41 Å². The third-order valence-electron chi connectivity index (χ3n) is 3.27. The van der Waals surface area contributed by atoms with E-state index in [9.17, 15) is 8.78 Å². The molecule has 0 aliphatic rings. The second-order valence-corrected chi connectivity index (χ2v) is 4.83. The van der Waals surface area contributed by atoms with Crippen molar-refractivity contribution in [2.24, 2.45) is 0 Å². The highest BCUT2D eigenvalue weighted by atomic mass is 35.5. The van der Waals surface area contributed by atoms with Gasteiger partial charge in [0.1, 0.15) is 0 Å². The Morgan fingerprint density at radius 3 is 1.39 bits per heavy atom. The molecule has 2 aromatic rings. The maximum atomic E-state index is 13.9. The molecule has 0 atom stereocenters. The Morgan fingerprint density at radius 1 is 0.778 bits per heavy atom. The van der Waals surface area contributed by atoms with Crippen LogP contribution in [0.15, 0.2) is 60.7 Å². The SMILES string of the molecule is CC(c1ccccc1)(c1ccccc1)C(F)(F)Cl. The van der Waals surface area contributed by atoms with Crippen LogP contribution in [-0.2, 0) is 5.41 Å². The van der Waals surface area contributed by atoms with Crippen molar-refractivity contribution in [3.63, 3.8) is 0 Å². The zero-order valence-corrected chi connectivity index (χ0v) is 10.7. The predicted octanol–water partition coefficient (Wildman–Crippen LogP) is 4.82. The summed E-state index contributed by atoms with van der Waals surface area (Å²) in [5, 5.41) is -3.37. The van der Waals surface area contributed by atoms with E-state index in [0.717, 1.165) is 0 Å². The molecule has 0 nitrogen and oxygen atoms in total. The van der Waals surface area contributed by atoms with Gasteiger partial charge in [-0.2, -0.15) is 8.78 Å². The van der Waals surface area contributed by atoms with Crippen LogP contribution in [0.3, 0.4) is 0 Å². The largest absolute Gasteiger partial charge is 0.334 e. The van der Waals surface area contributed by atoms with Crippen molar-refractivity contribution in [3.8, 4) is 0 Å². The van der Waals surface area contributed by atoms with Gasteiger partial charge in [-0.3, -0.25) is 0 Å². The molecular formula is C15H13ClF2. The van der Waals surface area contributed by atoms with Crippen LogP contribution in [0.2, 0.25) is 0 Å². The van der Waals surface area contributed by atoms with E-state index in [1.165, 1.54) is 6.92 Å². The van der Waals surface area contributed by atoms with E-state index >= 15 is 0 Å². The first-order valence-electron chi connectivity index (χ1n) is 5.64. The minimum Gasteiger partial charge on any atom is -0.187 e. The fourth-order valence-electron chi connectivity index (χ4n) is 2.04. The third kappa shape index (κ3) is 2.13. The summed E-state index contributed by atoms with van der Waals surface area (Å²) in [6.07, 6.45) is 0.